The average Bonchev–Trinajstić information content (AvgIpc) is 2.94. The highest BCUT2D eigenvalue weighted by Gasteiger charge is 2.36. The minimum atomic E-state index is -3.49. The first-order valence-electron chi connectivity index (χ1n) is 7.33. The largest absolute Gasteiger partial charge is 0.449 e. The zero-order valence-corrected chi connectivity index (χ0v) is 13.2. The minimum absolute atomic E-state index is 0.211. The van der Waals surface area contributed by atoms with Crippen molar-refractivity contribution in [2.45, 2.75) is 38.1 Å². The molecule has 1 aromatic rings. The van der Waals surface area contributed by atoms with Gasteiger partial charge in [-0.25, -0.2) is 13.2 Å². The smallest absolute Gasteiger partial charge is 0.410 e. The third kappa shape index (κ3) is 2.70. The number of rotatable bonds is 5. The fourth-order valence-corrected chi connectivity index (χ4v) is 3.65. The average molecular weight is 329 g/mol. The predicted octanol–water partition coefficient (Wildman–Crippen LogP) is 0.712. The fourth-order valence-electron chi connectivity index (χ4n) is 2.32. The number of unbranched alkanes of at least 4 members (excludes halogenated alkanes) is 1. The number of aromatic nitrogens is 2. The van der Waals surface area contributed by atoms with Crippen LogP contribution in [0.25, 0.3) is 0 Å². The van der Waals surface area contributed by atoms with E-state index in [-0.39, 0.29) is 25.9 Å². The highest BCUT2D eigenvalue weighted by Crippen LogP contribution is 2.24. The molecule has 0 saturated carbocycles. The second kappa shape index (κ2) is 5.88. The summed E-state index contributed by atoms with van der Waals surface area (Å²) in [4.78, 5) is 13.4. The third-order valence-electron chi connectivity index (χ3n) is 3.83. The molecule has 3 heterocycles. The third-order valence-corrected chi connectivity index (χ3v) is 5.65. The summed E-state index contributed by atoms with van der Waals surface area (Å²) in [5, 5.41) is 3.59. The summed E-state index contributed by atoms with van der Waals surface area (Å²) in [6.45, 7) is 3.46. The Morgan fingerprint density at radius 3 is 2.82 bits per heavy atom. The van der Waals surface area contributed by atoms with Gasteiger partial charge in [-0.3, -0.25) is 4.90 Å². The number of fused-ring (bicyclic) bond motifs is 1. The Kier molecular flexibility index (Phi) is 4.09. The van der Waals surface area contributed by atoms with Crippen LogP contribution in [0.4, 0.5) is 4.79 Å². The molecule has 0 N–H and O–H groups in total. The molecule has 3 rings (SSSR count). The number of amides is 1. The maximum atomic E-state index is 12.2. The lowest BCUT2D eigenvalue weighted by atomic mass is 10.3. The quantitative estimate of drug-likeness (QED) is 0.739. The van der Waals surface area contributed by atoms with Crippen molar-refractivity contribution in [3.8, 4) is 0 Å². The molecule has 1 aromatic heterocycles. The monoisotopic (exact) mass is 329 g/mol. The van der Waals surface area contributed by atoms with Crippen LogP contribution in [0.15, 0.2) is 6.20 Å². The standard InChI is InChI=1S/C13H19N3O5S/c1-2-3-4-21-13(17)15-5-10-6-16(14-12(10)7-15)22(18,19)11-8-20-9-11/h6,11H,2-5,7-9H2,1H3. The van der Waals surface area contributed by atoms with E-state index in [9.17, 15) is 13.2 Å². The van der Waals surface area contributed by atoms with Crippen LogP contribution in [0.5, 0.6) is 0 Å². The van der Waals surface area contributed by atoms with Crippen LogP contribution in [0.2, 0.25) is 0 Å². The molecule has 1 amide bonds. The first-order valence-corrected chi connectivity index (χ1v) is 8.84. The number of nitrogens with zero attached hydrogens (tertiary/aromatic N) is 3. The van der Waals surface area contributed by atoms with Crippen molar-refractivity contribution in [1.29, 1.82) is 0 Å². The number of hydrogen-bond acceptors (Lipinski definition) is 6. The van der Waals surface area contributed by atoms with Crippen molar-refractivity contribution in [3.05, 3.63) is 17.5 Å². The molecular formula is C13H19N3O5S. The SMILES string of the molecule is CCCCOC(=O)N1Cc2cn(S(=O)(=O)C3COC3)nc2C1. The van der Waals surface area contributed by atoms with E-state index in [0.717, 1.165) is 22.5 Å². The number of hydrogen-bond donors (Lipinski definition) is 0. The van der Waals surface area contributed by atoms with Crippen LogP contribution >= 0.6 is 0 Å². The summed E-state index contributed by atoms with van der Waals surface area (Å²) in [6, 6.07) is 0. The fraction of sp³-hybridized carbons (Fsp3) is 0.692. The lowest BCUT2D eigenvalue weighted by molar-refractivity contribution is 0.0410. The van der Waals surface area contributed by atoms with Crippen molar-refractivity contribution in [2.24, 2.45) is 0 Å². The highest BCUT2D eigenvalue weighted by atomic mass is 32.2. The van der Waals surface area contributed by atoms with Crippen LogP contribution in [0.1, 0.15) is 31.0 Å². The first kappa shape index (κ1) is 15.3. The van der Waals surface area contributed by atoms with Crippen LogP contribution in [0, 0.1) is 0 Å². The second-order valence-corrected chi connectivity index (χ2v) is 7.57. The number of carbonyl (C=O) groups excluding carboxylic acids is 1. The molecule has 0 spiro atoms. The predicted molar refractivity (Wildman–Crippen MR) is 76.7 cm³/mol. The maximum absolute atomic E-state index is 12.2. The van der Waals surface area contributed by atoms with Gasteiger partial charge in [-0.2, -0.15) is 9.19 Å². The molecule has 0 radical (unpaired) electrons. The molecule has 22 heavy (non-hydrogen) atoms. The molecule has 0 atom stereocenters. The van der Waals surface area contributed by atoms with Crippen molar-refractivity contribution in [2.75, 3.05) is 19.8 Å². The van der Waals surface area contributed by atoms with Gasteiger partial charge in [-0.15, -0.1) is 0 Å². The zero-order valence-electron chi connectivity index (χ0n) is 12.4. The second-order valence-electron chi connectivity index (χ2n) is 5.50. The Hall–Kier alpha value is -1.61. The summed E-state index contributed by atoms with van der Waals surface area (Å²) in [6.07, 6.45) is 2.90. The Bertz CT molecular complexity index is 642. The van der Waals surface area contributed by atoms with Crippen molar-refractivity contribution >= 4 is 16.1 Å². The first-order chi connectivity index (χ1) is 10.5. The normalized spacial score (nSPS) is 18.1. The number of ether oxygens (including phenoxy) is 2. The molecule has 1 fully saturated rings. The van der Waals surface area contributed by atoms with Gasteiger partial charge in [0.05, 0.1) is 38.6 Å². The van der Waals surface area contributed by atoms with Gasteiger partial charge in [0.25, 0.3) is 10.0 Å². The van der Waals surface area contributed by atoms with Crippen molar-refractivity contribution in [1.82, 2.24) is 14.1 Å². The molecule has 2 aliphatic rings. The summed E-state index contributed by atoms with van der Waals surface area (Å²) in [7, 11) is -3.49. The number of carbonyl (C=O) groups is 1. The van der Waals surface area contributed by atoms with Gasteiger partial charge in [0, 0.05) is 11.8 Å². The van der Waals surface area contributed by atoms with E-state index in [1.807, 2.05) is 6.92 Å². The van der Waals surface area contributed by atoms with Crippen LogP contribution in [0.3, 0.4) is 0 Å². The Morgan fingerprint density at radius 2 is 2.23 bits per heavy atom. The lowest BCUT2D eigenvalue weighted by Crippen LogP contribution is -2.43. The van der Waals surface area contributed by atoms with Gasteiger partial charge < -0.3 is 9.47 Å². The molecule has 0 aromatic carbocycles. The molecule has 1 saturated heterocycles. The van der Waals surface area contributed by atoms with E-state index in [1.165, 1.54) is 11.1 Å². The maximum Gasteiger partial charge on any atom is 0.410 e. The molecule has 2 aliphatic heterocycles. The molecule has 8 nitrogen and oxygen atoms in total. The topological polar surface area (TPSA) is 90.7 Å². The summed E-state index contributed by atoms with van der Waals surface area (Å²) >= 11 is 0. The van der Waals surface area contributed by atoms with E-state index < -0.39 is 15.3 Å². The van der Waals surface area contributed by atoms with Gasteiger partial charge in [-0.05, 0) is 6.42 Å². The van der Waals surface area contributed by atoms with Gasteiger partial charge in [0.15, 0.2) is 0 Å². The molecule has 122 valence electrons. The van der Waals surface area contributed by atoms with E-state index in [0.29, 0.717) is 18.8 Å². The summed E-state index contributed by atoms with van der Waals surface area (Å²) in [5.74, 6) is 0. The molecular weight excluding hydrogens is 310 g/mol. The highest BCUT2D eigenvalue weighted by molar-refractivity contribution is 7.90. The van der Waals surface area contributed by atoms with E-state index in [1.54, 1.807) is 0 Å². The zero-order chi connectivity index (χ0) is 15.7. The van der Waals surface area contributed by atoms with Gasteiger partial charge in [0.2, 0.25) is 0 Å². The van der Waals surface area contributed by atoms with Crippen LogP contribution in [-0.2, 0) is 32.6 Å². The molecule has 0 unspecified atom stereocenters. The molecule has 0 bridgehead atoms. The van der Waals surface area contributed by atoms with E-state index >= 15 is 0 Å². The lowest BCUT2D eigenvalue weighted by Gasteiger charge is -2.25. The Labute approximate surface area is 129 Å². The minimum Gasteiger partial charge on any atom is -0.449 e. The molecule has 9 heteroatoms. The summed E-state index contributed by atoms with van der Waals surface area (Å²) < 4.78 is 35.5. The Balaban J connectivity index is 1.64. The Morgan fingerprint density at radius 1 is 1.45 bits per heavy atom. The van der Waals surface area contributed by atoms with Crippen LogP contribution in [-0.4, -0.2) is 53.7 Å². The van der Waals surface area contributed by atoms with Gasteiger partial charge >= 0.3 is 6.09 Å². The van der Waals surface area contributed by atoms with Gasteiger partial charge in [-0.1, -0.05) is 13.3 Å². The van der Waals surface area contributed by atoms with Gasteiger partial charge in [0.1, 0.15) is 5.25 Å². The van der Waals surface area contributed by atoms with E-state index in [2.05, 4.69) is 5.10 Å². The van der Waals surface area contributed by atoms with Crippen molar-refractivity contribution in [3.63, 3.8) is 0 Å². The molecule has 0 aliphatic carbocycles. The van der Waals surface area contributed by atoms with Crippen molar-refractivity contribution < 1.29 is 22.7 Å². The summed E-state index contributed by atoms with van der Waals surface area (Å²) in [5.41, 5.74) is 1.35. The van der Waals surface area contributed by atoms with E-state index in [4.69, 9.17) is 9.47 Å². The van der Waals surface area contributed by atoms with Crippen LogP contribution < -0.4 is 0 Å².